The molecule has 0 N–H and O–H groups in total. The summed E-state index contributed by atoms with van der Waals surface area (Å²) in [5, 5.41) is 8.75. The number of nitrogens with zero attached hydrogens (tertiary/aromatic N) is 2. The van der Waals surface area contributed by atoms with E-state index in [4.69, 9.17) is 25.5 Å². The first-order valence-corrected chi connectivity index (χ1v) is 7.36. The molecular weight excluding hydrogens is 316 g/mol. The second-order valence-corrected chi connectivity index (χ2v) is 5.31. The molecule has 0 atom stereocenters. The standard InChI is InChI=1S/C17H15ClN2O3/c1-21-13-6-3-11(4-7-13)9-16-19-20-17(23-16)14-10-12(18)5-8-15(14)22-2/h3-8,10H,9H2,1-2H3. The molecule has 0 fully saturated rings. The minimum atomic E-state index is 0.382. The maximum absolute atomic E-state index is 6.03. The number of rotatable bonds is 5. The fraction of sp³-hybridized carbons (Fsp3) is 0.176. The van der Waals surface area contributed by atoms with Gasteiger partial charge in [0, 0.05) is 5.02 Å². The Balaban J connectivity index is 1.84. The van der Waals surface area contributed by atoms with Crippen LogP contribution >= 0.6 is 11.6 Å². The Bertz CT molecular complexity index is 800. The molecule has 1 aromatic heterocycles. The highest BCUT2D eigenvalue weighted by atomic mass is 35.5. The van der Waals surface area contributed by atoms with Gasteiger partial charge < -0.3 is 13.9 Å². The van der Waals surface area contributed by atoms with Crippen LogP contribution in [-0.4, -0.2) is 24.4 Å². The molecular formula is C17H15ClN2O3. The molecule has 118 valence electrons. The van der Waals surface area contributed by atoms with E-state index in [1.165, 1.54) is 0 Å². The van der Waals surface area contributed by atoms with Crippen molar-refractivity contribution >= 4 is 11.6 Å². The van der Waals surface area contributed by atoms with Crippen molar-refractivity contribution in [2.24, 2.45) is 0 Å². The lowest BCUT2D eigenvalue weighted by molar-refractivity contribution is 0.413. The molecule has 0 saturated carbocycles. The first-order valence-electron chi connectivity index (χ1n) is 6.99. The predicted molar refractivity (Wildman–Crippen MR) is 87.1 cm³/mol. The number of hydrogen-bond acceptors (Lipinski definition) is 5. The van der Waals surface area contributed by atoms with Crippen molar-refractivity contribution in [3.63, 3.8) is 0 Å². The summed E-state index contributed by atoms with van der Waals surface area (Å²) in [5.74, 6) is 2.35. The highest BCUT2D eigenvalue weighted by Crippen LogP contribution is 2.31. The van der Waals surface area contributed by atoms with Gasteiger partial charge in [0.15, 0.2) is 0 Å². The number of hydrogen-bond donors (Lipinski definition) is 0. The third-order valence-electron chi connectivity index (χ3n) is 3.37. The molecule has 0 unspecified atom stereocenters. The van der Waals surface area contributed by atoms with Crippen molar-refractivity contribution in [2.45, 2.75) is 6.42 Å². The van der Waals surface area contributed by atoms with Crippen molar-refractivity contribution in [3.8, 4) is 23.0 Å². The van der Waals surface area contributed by atoms with E-state index in [2.05, 4.69) is 10.2 Å². The summed E-state index contributed by atoms with van der Waals surface area (Å²) < 4.78 is 16.2. The van der Waals surface area contributed by atoms with Crippen LogP contribution in [0.1, 0.15) is 11.5 Å². The van der Waals surface area contributed by atoms with Gasteiger partial charge in [-0.25, -0.2) is 0 Å². The Labute approximate surface area is 138 Å². The van der Waals surface area contributed by atoms with Crippen LogP contribution < -0.4 is 9.47 Å². The van der Waals surface area contributed by atoms with E-state index in [1.54, 1.807) is 32.4 Å². The lowest BCUT2D eigenvalue weighted by Gasteiger charge is -2.04. The van der Waals surface area contributed by atoms with Gasteiger partial charge in [0.25, 0.3) is 5.89 Å². The molecule has 2 aromatic carbocycles. The molecule has 6 heteroatoms. The molecule has 1 heterocycles. The van der Waals surface area contributed by atoms with Gasteiger partial charge >= 0.3 is 0 Å². The van der Waals surface area contributed by atoms with Crippen LogP contribution in [0.15, 0.2) is 46.9 Å². The van der Waals surface area contributed by atoms with Crippen LogP contribution in [0.25, 0.3) is 11.5 Å². The molecule has 0 amide bonds. The Morgan fingerprint density at radius 3 is 2.48 bits per heavy atom. The van der Waals surface area contributed by atoms with Gasteiger partial charge in [-0.1, -0.05) is 23.7 Å². The molecule has 0 aliphatic rings. The summed E-state index contributed by atoms with van der Waals surface area (Å²) in [6, 6.07) is 13.0. The molecule has 0 spiro atoms. The lowest BCUT2D eigenvalue weighted by atomic mass is 10.1. The minimum Gasteiger partial charge on any atom is -0.497 e. The molecule has 3 rings (SSSR count). The zero-order valence-corrected chi connectivity index (χ0v) is 13.5. The van der Waals surface area contributed by atoms with Gasteiger partial charge in [-0.3, -0.25) is 0 Å². The van der Waals surface area contributed by atoms with Gasteiger partial charge in [-0.15, -0.1) is 10.2 Å². The number of benzene rings is 2. The highest BCUT2D eigenvalue weighted by molar-refractivity contribution is 6.30. The van der Waals surface area contributed by atoms with Gasteiger partial charge in [-0.2, -0.15) is 0 Å². The smallest absolute Gasteiger partial charge is 0.251 e. The summed E-state index contributed by atoms with van der Waals surface area (Å²) in [6.45, 7) is 0. The zero-order valence-electron chi connectivity index (χ0n) is 12.7. The summed E-state index contributed by atoms with van der Waals surface area (Å²) >= 11 is 6.03. The van der Waals surface area contributed by atoms with E-state index < -0.39 is 0 Å². The van der Waals surface area contributed by atoms with Crippen LogP contribution in [0.5, 0.6) is 11.5 Å². The Hall–Kier alpha value is -2.53. The zero-order chi connectivity index (χ0) is 16.2. The monoisotopic (exact) mass is 330 g/mol. The van der Waals surface area contributed by atoms with Crippen LogP contribution in [0, 0.1) is 0 Å². The molecule has 0 aliphatic heterocycles. The summed E-state index contributed by atoms with van der Waals surface area (Å²) in [4.78, 5) is 0. The number of ether oxygens (including phenoxy) is 2. The Kier molecular flexibility index (Phi) is 4.48. The average Bonchev–Trinajstić information content (AvgIpc) is 3.04. The molecule has 0 bridgehead atoms. The van der Waals surface area contributed by atoms with Crippen LogP contribution in [-0.2, 0) is 6.42 Å². The van der Waals surface area contributed by atoms with Crippen LogP contribution in [0.4, 0.5) is 0 Å². The summed E-state index contributed by atoms with van der Waals surface area (Å²) in [5.41, 5.74) is 1.73. The fourth-order valence-corrected chi connectivity index (χ4v) is 2.37. The normalized spacial score (nSPS) is 10.6. The minimum absolute atomic E-state index is 0.382. The first-order chi connectivity index (χ1) is 11.2. The topological polar surface area (TPSA) is 57.4 Å². The second-order valence-electron chi connectivity index (χ2n) is 4.87. The van der Waals surface area contributed by atoms with Gasteiger partial charge in [-0.05, 0) is 35.9 Å². The molecule has 0 saturated heterocycles. The van der Waals surface area contributed by atoms with Crippen LogP contribution in [0.3, 0.4) is 0 Å². The third kappa shape index (κ3) is 3.46. The van der Waals surface area contributed by atoms with Crippen molar-refractivity contribution in [3.05, 3.63) is 58.9 Å². The van der Waals surface area contributed by atoms with Crippen molar-refractivity contribution in [2.75, 3.05) is 14.2 Å². The number of halogens is 1. The van der Waals surface area contributed by atoms with E-state index in [0.29, 0.717) is 34.5 Å². The maximum atomic E-state index is 6.03. The quantitative estimate of drug-likeness (QED) is 0.707. The molecule has 0 radical (unpaired) electrons. The largest absolute Gasteiger partial charge is 0.497 e. The fourth-order valence-electron chi connectivity index (χ4n) is 2.20. The maximum Gasteiger partial charge on any atom is 0.251 e. The van der Waals surface area contributed by atoms with E-state index in [9.17, 15) is 0 Å². The van der Waals surface area contributed by atoms with Gasteiger partial charge in [0.1, 0.15) is 11.5 Å². The van der Waals surface area contributed by atoms with Crippen molar-refractivity contribution in [1.29, 1.82) is 0 Å². The SMILES string of the molecule is COc1ccc(Cc2nnc(-c3cc(Cl)ccc3OC)o2)cc1. The van der Waals surface area contributed by atoms with Crippen molar-refractivity contribution in [1.82, 2.24) is 10.2 Å². The molecule has 0 aliphatic carbocycles. The third-order valence-corrected chi connectivity index (χ3v) is 3.61. The van der Waals surface area contributed by atoms with E-state index in [1.807, 2.05) is 24.3 Å². The lowest BCUT2D eigenvalue weighted by Crippen LogP contribution is -1.89. The van der Waals surface area contributed by atoms with Crippen molar-refractivity contribution < 1.29 is 13.9 Å². The number of methoxy groups -OCH3 is 2. The summed E-state index contributed by atoms with van der Waals surface area (Å²) in [6.07, 6.45) is 0.542. The van der Waals surface area contributed by atoms with Gasteiger partial charge in [0.2, 0.25) is 5.89 Å². The Morgan fingerprint density at radius 2 is 1.78 bits per heavy atom. The molecule has 3 aromatic rings. The van der Waals surface area contributed by atoms with E-state index in [0.717, 1.165) is 11.3 Å². The predicted octanol–water partition coefficient (Wildman–Crippen LogP) is 4.00. The van der Waals surface area contributed by atoms with Crippen LogP contribution in [0.2, 0.25) is 5.02 Å². The van der Waals surface area contributed by atoms with Gasteiger partial charge in [0.05, 0.1) is 26.2 Å². The van der Waals surface area contributed by atoms with E-state index in [-0.39, 0.29) is 0 Å². The molecule has 23 heavy (non-hydrogen) atoms. The second kappa shape index (κ2) is 6.71. The van der Waals surface area contributed by atoms with E-state index >= 15 is 0 Å². The highest BCUT2D eigenvalue weighted by Gasteiger charge is 2.14. The molecule has 5 nitrogen and oxygen atoms in total. The average molecular weight is 331 g/mol. The first kappa shape index (κ1) is 15.4. The number of aromatic nitrogens is 2. The Morgan fingerprint density at radius 1 is 1.00 bits per heavy atom. The summed E-state index contributed by atoms with van der Waals surface area (Å²) in [7, 11) is 3.22.